The van der Waals surface area contributed by atoms with E-state index in [2.05, 4.69) is 5.10 Å². The van der Waals surface area contributed by atoms with E-state index < -0.39 is 23.5 Å². The Morgan fingerprint density at radius 2 is 2.12 bits per heavy atom. The molecule has 2 heterocycles. The number of halogens is 1. The molecule has 0 radical (unpaired) electrons. The van der Waals surface area contributed by atoms with Crippen molar-refractivity contribution in [1.82, 2.24) is 14.7 Å². The first-order valence-electron chi connectivity index (χ1n) is 7.82. The van der Waals surface area contributed by atoms with Crippen molar-refractivity contribution < 1.29 is 18.7 Å². The Hall–Kier alpha value is -2.90. The van der Waals surface area contributed by atoms with Crippen molar-refractivity contribution in [3.05, 3.63) is 47.5 Å². The van der Waals surface area contributed by atoms with Gasteiger partial charge in [0.2, 0.25) is 5.91 Å². The Balaban J connectivity index is 1.89. The van der Waals surface area contributed by atoms with Crippen LogP contribution in [0.4, 0.5) is 4.39 Å². The molecular weight excluding hydrogens is 327 g/mol. The van der Waals surface area contributed by atoms with Gasteiger partial charge < -0.3 is 15.4 Å². The third-order valence-corrected chi connectivity index (χ3v) is 4.54. The number of rotatable bonds is 4. The summed E-state index contributed by atoms with van der Waals surface area (Å²) in [6.07, 6.45) is 3.45. The number of benzene rings is 1. The number of hydrogen-bond acceptors (Lipinski definition) is 4. The highest BCUT2D eigenvalue weighted by Gasteiger charge is 2.40. The number of nitrogens with zero attached hydrogens (tertiary/aromatic N) is 3. The van der Waals surface area contributed by atoms with Crippen LogP contribution in [-0.4, -0.2) is 46.7 Å². The van der Waals surface area contributed by atoms with Crippen LogP contribution in [0.2, 0.25) is 0 Å². The largest absolute Gasteiger partial charge is 0.494 e. The van der Waals surface area contributed by atoms with E-state index in [0.29, 0.717) is 0 Å². The van der Waals surface area contributed by atoms with Crippen LogP contribution in [0.3, 0.4) is 0 Å². The van der Waals surface area contributed by atoms with Crippen LogP contribution in [0, 0.1) is 11.7 Å². The highest BCUT2D eigenvalue weighted by Crippen LogP contribution is 2.34. The van der Waals surface area contributed by atoms with E-state index in [4.69, 9.17) is 10.5 Å². The third-order valence-electron chi connectivity index (χ3n) is 4.54. The van der Waals surface area contributed by atoms with Gasteiger partial charge in [0.15, 0.2) is 11.6 Å². The monoisotopic (exact) mass is 346 g/mol. The van der Waals surface area contributed by atoms with Gasteiger partial charge in [-0.05, 0) is 17.7 Å². The lowest BCUT2D eigenvalue weighted by molar-refractivity contribution is -0.121. The van der Waals surface area contributed by atoms with Gasteiger partial charge >= 0.3 is 0 Å². The van der Waals surface area contributed by atoms with Gasteiger partial charge in [-0.25, -0.2) is 4.39 Å². The summed E-state index contributed by atoms with van der Waals surface area (Å²) in [7, 11) is 3.11. The summed E-state index contributed by atoms with van der Waals surface area (Å²) in [6, 6.07) is 4.40. The number of carbonyl (C=O) groups excluding carboxylic acids is 2. The van der Waals surface area contributed by atoms with E-state index in [1.807, 2.05) is 0 Å². The number of carbonyl (C=O) groups is 2. The van der Waals surface area contributed by atoms with Gasteiger partial charge in [0.25, 0.3) is 5.91 Å². The number of ether oxygens (including phenoxy) is 1. The van der Waals surface area contributed by atoms with E-state index in [1.54, 1.807) is 30.2 Å². The summed E-state index contributed by atoms with van der Waals surface area (Å²) >= 11 is 0. The number of primary amides is 1. The lowest BCUT2D eigenvalue weighted by Crippen LogP contribution is -2.32. The molecule has 0 unspecified atom stereocenters. The minimum atomic E-state index is -0.713. The molecular formula is C17H19FN4O3. The Kier molecular flexibility index (Phi) is 4.43. The fraction of sp³-hybridized carbons (Fsp3) is 0.353. The van der Waals surface area contributed by atoms with Gasteiger partial charge in [0.05, 0.1) is 24.8 Å². The summed E-state index contributed by atoms with van der Waals surface area (Å²) in [5.41, 5.74) is 6.25. The topological polar surface area (TPSA) is 90.4 Å². The lowest BCUT2D eigenvalue weighted by atomic mass is 9.90. The Morgan fingerprint density at radius 1 is 1.36 bits per heavy atom. The predicted molar refractivity (Wildman–Crippen MR) is 87.5 cm³/mol. The molecule has 1 aliphatic heterocycles. The van der Waals surface area contributed by atoms with E-state index in [0.717, 1.165) is 5.56 Å². The van der Waals surface area contributed by atoms with Crippen molar-refractivity contribution in [2.75, 3.05) is 20.2 Å². The molecule has 1 aliphatic rings. The van der Waals surface area contributed by atoms with Crippen molar-refractivity contribution >= 4 is 11.8 Å². The first kappa shape index (κ1) is 16.9. The first-order chi connectivity index (χ1) is 11.9. The molecule has 0 bridgehead atoms. The summed E-state index contributed by atoms with van der Waals surface area (Å²) < 4.78 is 20.9. The highest BCUT2D eigenvalue weighted by atomic mass is 19.1. The molecule has 0 aliphatic carbocycles. The van der Waals surface area contributed by atoms with E-state index in [-0.39, 0.29) is 30.3 Å². The van der Waals surface area contributed by atoms with Gasteiger partial charge in [0.1, 0.15) is 0 Å². The number of amides is 2. The van der Waals surface area contributed by atoms with Crippen LogP contribution < -0.4 is 10.5 Å². The summed E-state index contributed by atoms with van der Waals surface area (Å²) in [5.74, 6) is -2.49. The molecule has 8 heteroatoms. The summed E-state index contributed by atoms with van der Waals surface area (Å²) in [4.78, 5) is 26.0. The zero-order valence-electron chi connectivity index (χ0n) is 14.0. The van der Waals surface area contributed by atoms with Crippen LogP contribution in [0.5, 0.6) is 5.75 Å². The van der Waals surface area contributed by atoms with Crippen molar-refractivity contribution in [2.45, 2.75) is 5.92 Å². The number of aryl methyl sites for hydroxylation is 1. The first-order valence-corrected chi connectivity index (χ1v) is 7.82. The van der Waals surface area contributed by atoms with Gasteiger partial charge in [-0.1, -0.05) is 6.07 Å². The van der Waals surface area contributed by atoms with Crippen molar-refractivity contribution in [3.63, 3.8) is 0 Å². The molecule has 132 valence electrons. The molecule has 7 nitrogen and oxygen atoms in total. The molecule has 2 amide bonds. The molecule has 0 spiro atoms. The van der Waals surface area contributed by atoms with Gasteiger partial charge in [0, 0.05) is 32.3 Å². The smallest absolute Gasteiger partial charge is 0.257 e. The normalized spacial score (nSPS) is 19.9. The molecule has 2 atom stereocenters. The SMILES string of the molecule is COc1cccc(C(=O)N2C[C@H](C(N)=O)[C@@H](c3cnn(C)c3)C2)c1F. The maximum Gasteiger partial charge on any atom is 0.257 e. The van der Waals surface area contributed by atoms with Crippen LogP contribution in [-0.2, 0) is 11.8 Å². The van der Waals surface area contributed by atoms with Crippen LogP contribution in [0.25, 0.3) is 0 Å². The molecule has 0 saturated carbocycles. The standard InChI is InChI=1S/C17H19FN4O3/c1-21-7-10(6-20-21)12-8-22(9-13(12)16(19)23)17(24)11-4-3-5-14(25-2)15(11)18/h3-7,12-13H,8-9H2,1-2H3,(H2,19,23)/t12-,13+/m1/s1. The Labute approximate surface area is 144 Å². The van der Waals surface area contributed by atoms with Crippen molar-refractivity contribution in [2.24, 2.45) is 18.7 Å². The lowest BCUT2D eigenvalue weighted by Gasteiger charge is -2.17. The van der Waals surface area contributed by atoms with Crippen LogP contribution >= 0.6 is 0 Å². The van der Waals surface area contributed by atoms with Crippen molar-refractivity contribution in [3.8, 4) is 5.75 Å². The van der Waals surface area contributed by atoms with Gasteiger partial charge in [-0.3, -0.25) is 14.3 Å². The summed E-state index contributed by atoms with van der Waals surface area (Å²) in [6.45, 7) is 0.416. The number of aromatic nitrogens is 2. The van der Waals surface area contributed by atoms with Crippen LogP contribution in [0.1, 0.15) is 21.8 Å². The van der Waals surface area contributed by atoms with E-state index >= 15 is 0 Å². The zero-order valence-corrected chi connectivity index (χ0v) is 14.0. The minimum absolute atomic E-state index is 0.000285. The third kappa shape index (κ3) is 3.07. The van der Waals surface area contributed by atoms with Gasteiger partial charge in [-0.2, -0.15) is 5.10 Å². The van der Waals surface area contributed by atoms with Crippen molar-refractivity contribution in [1.29, 1.82) is 0 Å². The molecule has 1 aromatic carbocycles. The fourth-order valence-electron chi connectivity index (χ4n) is 3.23. The molecule has 25 heavy (non-hydrogen) atoms. The second-order valence-electron chi connectivity index (χ2n) is 6.09. The van der Waals surface area contributed by atoms with E-state index in [9.17, 15) is 14.0 Å². The average molecular weight is 346 g/mol. The number of likely N-dealkylation sites (tertiary alicyclic amines) is 1. The second kappa shape index (κ2) is 6.54. The second-order valence-corrected chi connectivity index (χ2v) is 6.09. The molecule has 1 aromatic heterocycles. The Morgan fingerprint density at radius 3 is 2.72 bits per heavy atom. The molecule has 2 N–H and O–H groups in total. The molecule has 3 rings (SSSR count). The number of nitrogens with two attached hydrogens (primary N) is 1. The molecule has 2 aromatic rings. The molecule has 1 fully saturated rings. The predicted octanol–water partition coefficient (Wildman–Crippen LogP) is 0.909. The number of methoxy groups -OCH3 is 1. The Bertz CT molecular complexity index is 820. The fourth-order valence-corrected chi connectivity index (χ4v) is 3.23. The maximum atomic E-state index is 14.4. The highest BCUT2D eigenvalue weighted by molar-refractivity contribution is 5.96. The quantitative estimate of drug-likeness (QED) is 0.891. The molecule has 1 saturated heterocycles. The minimum Gasteiger partial charge on any atom is -0.494 e. The zero-order chi connectivity index (χ0) is 18.1. The van der Waals surface area contributed by atoms with E-state index in [1.165, 1.54) is 24.1 Å². The van der Waals surface area contributed by atoms with Gasteiger partial charge in [-0.15, -0.1) is 0 Å². The average Bonchev–Trinajstić information content (AvgIpc) is 3.20. The summed E-state index contributed by atoms with van der Waals surface area (Å²) in [5, 5.41) is 4.10. The number of hydrogen-bond donors (Lipinski definition) is 1. The van der Waals surface area contributed by atoms with Crippen LogP contribution in [0.15, 0.2) is 30.6 Å². The maximum absolute atomic E-state index is 14.4.